The summed E-state index contributed by atoms with van der Waals surface area (Å²) in [4.78, 5) is 17.0. The van der Waals surface area contributed by atoms with E-state index in [4.69, 9.17) is 9.47 Å². The Morgan fingerprint density at radius 1 is 1.03 bits per heavy atom. The van der Waals surface area contributed by atoms with Gasteiger partial charge in [-0.1, -0.05) is 0 Å². The quantitative estimate of drug-likeness (QED) is 0.439. The molecular formula is C22H24FN3O5S2. The number of nitrogens with zero attached hydrogens (tertiary/aromatic N) is 2. The van der Waals surface area contributed by atoms with Gasteiger partial charge in [-0.25, -0.2) is 17.8 Å². The van der Waals surface area contributed by atoms with Crippen LogP contribution in [0.25, 0.3) is 11.3 Å². The number of amides is 1. The average Bonchev–Trinajstić information content (AvgIpc) is 3.28. The monoisotopic (exact) mass is 493 g/mol. The molecule has 1 N–H and O–H groups in total. The fourth-order valence-corrected chi connectivity index (χ4v) is 5.04. The molecule has 0 saturated carbocycles. The first kappa shape index (κ1) is 24.9. The van der Waals surface area contributed by atoms with Gasteiger partial charge >= 0.3 is 0 Å². The van der Waals surface area contributed by atoms with Crippen molar-refractivity contribution >= 4 is 32.4 Å². The van der Waals surface area contributed by atoms with E-state index in [-0.39, 0.29) is 42.6 Å². The Bertz CT molecular complexity index is 1160. The Morgan fingerprint density at radius 2 is 1.64 bits per heavy atom. The van der Waals surface area contributed by atoms with E-state index in [1.165, 1.54) is 66.3 Å². The lowest BCUT2D eigenvalue weighted by atomic mass is 10.2. The van der Waals surface area contributed by atoms with Crippen molar-refractivity contribution < 1.29 is 27.1 Å². The second-order valence-corrected chi connectivity index (χ2v) is 9.71. The molecule has 0 saturated heterocycles. The van der Waals surface area contributed by atoms with E-state index in [1.54, 1.807) is 17.5 Å². The molecule has 1 heterocycles. The van der Waals surface area contributed by atoms with Crippen LogP contribution in [0.1, 0.15) is 10.4 Å². The molecule has 0 aliphatic rings. The molecular weight excluding hydrogens is 469 g/mol. The van der Waals surface area contributed by atoms with E-state index in [0.717, 1.165) is 5.56 Å². The number of nitrogens with one attached hydrogen (secondary N) is 1. The summed E-state index contributed by atoms with van der Waals surface area (Å²) in [5.74, 6) is -0.761. The molecule has 176 valence electrons. The number of benzene rings is 2. The van der Waals surface area contributed by atoms with Crippen molar-refractivity contribution in [1.82, 2.24) is 9.29 Å². The lowest BCUT2D eigenvalue weighted by Gasteiger charge is -2.21. The van der Waals surface area contributed by atoms with Gasteiger partial charge in [0.25, 0.3) is 5.91 Å². The minimum absolute atomic E-state index is 0.0686. The maximum Gasteiger partial charge on any atom is 0.257 e. The second kappa shape index (κ2) is 11.4. The van der Waals surface area contributed by atoms with Crippen molar-refractivity contribution in [3.05, 3.63) is 65.3 Å². The fourth-order valence-electron chi connectivity index (χ4n) is 2.92. The minimum Gasteiger partial charge on any atom is -0.383 e. The third-order valence-electron chi connectivity index (χ3n) is 4.71. The highest BCUT2D eigenvalue weighted by molar-refractivity contribution is 7.89. The molecule has 1 aromatic heterocycles. The van der Waals surface area contributed by atoms with E-state index < -0.39 is 15.9 Å². The topological polar surface area (TPSA) is 97.8 Å². The van der Waals surface area contributed by atoms with Crippen molar-refractivity contribution in [2.75, 3.05) is 45.8 Å². The molecule has 3 rings (SSSR count). The number of hydrogen-bond acceptors (Lipinski definition) is 7. The number of anilines is 1. The van der Waals surface area contributed by atoms with Gasteiger partial charge in [-0.15, -0.1) is 11.3 Å². The number of thiazole rings is 1. The standard InChI is InChI=1S/C22H24FN3O5S2/c1-30-13-11-26(12-14-31-2)33(28,29)19-9-5-17(6-10-19)21(27)25-22-24-20(15-32-22)16-3-7-18(23)8-4-16/h3-10,15H,11-14H2,1-2H3,(H,24,25,27). The summed E-state index contributed by atoms with van der Waals surface area (Å²) in [7, 11) is -0.773. The lowest BCUT2D eigenvalue weighted by Crippen LogP contribution is -2.36. The molecule has 0 aliphatic carbocycles. The van der Waals surface area contributed by atoms with Gasteiger partial charge in [0.2, 0.25) is 10.0 Å². The molecule has 1 amide bonds. The number of ether oxygens (including phenoxy) is 2. The number of methoxy groups -OCH3 is 2. The molecule has 0 spiro atoms. The Hall–Kier alpha value is -2.70. The number of halogens is 1. The maximum atomic E-state index is 13.1. The van der Waals surface area contributed by atoms with Gasteiger partial charge < -0.3 is 9.47 Å². The molecule has 0 fully saturated rings. The van der Waals surface area contributed by atoms with Crippen LogP contribution in [-0.4, -0.2) is 64.1 Å². The summed E-state index contributed by atoms with van der Waals surface area (Å²) in [6.07, 6.45) is 0. The first-order valence-electron chi connectivity index (χ1n) is 9.96. The van der Waals surface area contributed by atoms with Crippen LogP contribution in [0.3, 0.4) is 0 Å². The van der Waals surface area contributed by atoms with Crippen molar-refractivity contribution in [3.8, 4) is 11.3 Å². The van der Waals surface area contributed by atoms with E-state index in [0.29, 0.717) is 10.8 Å². The highest BCUT2D eigenvalue weighted by Crippen LogP contribution is 2.25. The summed E-state index contributed by atoms with van der Waals surface area (Å²) in [5, 5.41) is 4.83. The molecule has 8 nitrogen and oxygen atoms in total. The normalized spacial score (nSPS) is 11.6. The van der Waals surface area contributed by atoms with Crippen LogP contribution in [-0.2, 0) is 19.5 Å². The first-order valence-corrected chi connectivity index (χ1v) is 12.3. The van der Waals surface area contributed by atoms with Crippen molar-refractivity contribution in [1.29, 1.82) is 0 Å². The number of sulfonamides is 1. The zero-order valence-corrected chi connectivity index (χ0v) is 19.8. The van der Waals surface area contributed by atoms with Crippen LogP contribution >= 0.6 is 11.3 Å². The van der Waals surface area contributed by atoms with Crippen molar-refractivity contribution in [2.45, 2.75) is 4.90 Å². The SMILES string of the molecule is COCCN(CCOC)S(=O)(=O)c1ccc(C(=O)Nc2nc(-c3ccc(F)cc3)cs2)cc1. The Balaban J connectivity index is 1.70. The molecule has 33 heavy (non-hydrogen) atoms. The summed E-state index contributed by atoms with van der Waals surface area (Å²) in [6, 6.07) is 11.6. The fraction of sp³-hybridized carbons (Fsp3) is 0.273. The van der Waals surface area contributed by atoms with E-state index >= 15 is 0 Å². The number of aromatic nitrogens is 1. The van der Waals surface area contributed by atoms with Gasteiger partial charge in [0.05, 0.1) is 23.8 Å². The number of hydrogen-bond donors (Lipinski definition) is 1. The van der Waals surface area contributed by atoms with Crippen molar-refractivity contribution in [2.24, 2.45) is 0 Å². The highest BCUT2D eigenvalue weighted by atomic mass is 32.2. The molecule has 2 aromatic carbocycles. The molecule has 11 heteroatoms. The molecule has 0 radical (unpaired) electrons. The third kappa shape index (κ3) is 6.42. The highest BCUT2D eigenvalue weighted by Gasteiger charge is 2.24. The number of carbonyl (C=O) groups is 1. The van der Waals surface area contributed by atoms with E-state index in [1.807, 2.05) is 0 Å². The Kier molecular flexibility index (Phi) is 8.64. The van der Waals surface area contributed by atoms with E-state index in [9.17, 15) is 17.6 Å². The summed E-state index contributed by atoms with van der Waals surface area (Å²) in [5.41, 5.74) is 1.63. The smallest absolute Gasteiger partial charge is 0.257 e. The van der Waals surface area contributed by atoms with Crippen molar-refractivity contribution in [3.63, 3.8) is 0 Å². The Labute approximate surface area is 196 Å². The van der Waals surface area contributed by atoms with Gasteiger partial charge in [0.15, 0.2) is 5.13 Å². The average molecular weight is 494 g/mol. The molecule has 0 bridgehead atoms. The summed E-state index contributed by atoms with van der Waals surface area (Å²) < 4.78 is 50.3. The van der Waals surface area contributed by atoms with Crippen LogP contribution in [0.2, 0.25) is 0 Å². The molecule has 3 aromatic rings. The van der Waals surface area contributed by atoms with Gasteiger partial charge in [-0.2, -0.15) is 4.31 Å². The van der Waals surface area contributed by atoms with Gasteiger partial charge in [-0.3, -0.25) is 10.1 Å². The minimum atomic E-state index is -3.77. The molecule has 0 atom stereocenters. The molecule has 0 unspecified atom stereocenters. The van der Waals surface area contributed by atoms with Crippen LogP contribution in [0.4, 0.5) is 9.52 Å². The zero-order chi connectivity index (χ0) is 23.8. The van der Waals surface area contributed by atoms with E-state index in [2.05, 4.69) is 10.3 Å². The van der Waals surface area contributed by atoms with Gasteiger partial charge in [-0.05, 0) is 48.5 Å². The number of rotatable bonds is 11. The van der Waals surface area contributed by atoms with Crippen LogP contribution in [0.5, 0.6) is 0 Å². The van der Waals surface area contributed by atoms with Crippen LogP contribution in [0, 0.1) is 5.82 Å². The summed E-state index contributed by atoms with van der Waals surface area (Å²) >= 11 is 1.24. The Morgan fingerprint density at radius 3 is 2.21 bits per heavy atom. The zero-order valence-electron chi connectivity index (χ0n) is 18.2. The van der Waals surface area contributed by atoms with Crippen LogP contribution in [0.15, 0.2) is 58.8 Å². The van der Waals surface area contributed by atoms with Gasteiger partial charge in [0.1, 0.15) is 5.82 Å². The maximum absolute atomic E-state index is 13.1. The van der Waals surface area contributed by atoms with Gasteiger partial charge in [0, 0.05) is 43.8 Å². The first-order chi connectivity index (χ1) is 15.8. The molecule has 0 aliphatic heterocycles. The number of carbonyl (C=O) groups excluding carboxylic acids is 1. The lowest BCUT2D eigenvalue weighted by molar-refractivity contribution is 0.102. The largest absolute Gasteiger partial charge is 0.383 e. The third-order valence-corrected chi connectivity index (χ3v) is 7.38. The summed E-state index contributed by atoms with van der Waals surface area (Å²) in [6.45, 7) is 0.865. The predicted octanol–water partition coefficient (Wildman–Crippen LogP) is 3.49. The predicted molar refractivity (Wildman–Crippen MR) is 124 cm³/mol. The van der Waals surface area contributed by atoms with Crippen LogP contribution < -0.4 is 5.32 Å². The second-order valence-electron chi connectivity index (χ2n) is 6.91.